The largest absolute Gasteiger partial charge is 0.355 e. The monoisotopic (exact) mass is 401 g/mol. The lowest BCUT2D eigenvalue weighted by Crippen LogP contribution is -2.49. The molecule has 160 valence electrons. The summed E-state index contributed by atoms with van der Waals surface area (Å²) < 4.78 is 0. The van der Waals surface area contributed by atoms with E-state index in [0.29, 0.717) is 19.1 Å². The molecule has 4 rings (SSSR count). The van der Waals surface area contributed by atoms with Crippen molar-refractivity contribution >= 4 is 17.8 Å². The molecular weight excluding hydrogens is 366 g/mol. The number of allylic oxidation sites excluding steroid dienone is 2. The molecule has 7 nitrogen and oxygen atoms in total. The zero-order valence-corrected chi connectivity index (χ0v) is 17.9. The van der Waals surface area contributed by atoms with Gasteiger partial charge in [0, 0.05) is 39.3 Å². The molecule has 4 aliphatic rings. The number of carbonyl (C=O) groups is 2. The number of nitrogens with zero attached hydrogens (tertiary/aromatic N) is 3. The molecule has 2 amide bonds. The highest BCUT2D eigenvalue weighted by Crippen LogP contribution is 2.52. The number of guanidine groups is 1. The minimum Gasteiger partial charge on any atom is -0.355 e. The van der Waals surface area contributed by atoms with E-state index in [0.717, 1.165) is 37.9 Å². The van der Waals surface area contributed by atoms with Crippen LogP contribution in [0.15, 0.2) is 17.1 Å². The Morgan fingerprint density at radius 2 is 1.90 bits per heavy atom. The Morgan fingerprint density at radius 1 is 1.21 bits per heavy atom. The van der Waals surface area contributed by atoms with Crippen LogP contribution >= 0.6 is 0 Å². The first-order valence-corrected chi connectivity index (χ1v) is 11.2. The quantitative estimate of drug-likeness (QED) is 0.301. The molecule has 0 aromatic rings. The Morgan fingerprint density at radius 3 is 2.52 bits per heavy atom. The van der Waals surface area contributed by atoms with E-state index in [1.54, 1.807) is 7.05 Å². The lowest BCUT2D eigenvalue weighted by molar-refractivity contribution is -0.140. The Kier molecular flexibility index (Phi) is 5.95. The van der Waals surface area contributed by atoms with Crippen LogP contribution in [0.4, 0.5) is 0 Å². The van der Waals surface area contributed by atoms with Gasteiger partial charge in [0.1, 0.15) is 0 Å². The molecule has 0 radical (unpaired) electrons. The molecular formula is C22H35N5O2. The third kappa shape index (κ3) is 3.93. The van der Waals surface area contributed by atoms with Crippen LogP contribution in [0.3, 0.4) is 0 Å². The maximum atomic E-state index is 12.7. The maximum Gasteiger partial charge on any atom is 0.233 e. The van der Waals surface area contributed by atoms with Crippen LogP contribution in [0.25, 0.3) is 0 Å². The summed E-state index contributed by atoms with van der Waals surface area (Å²) in [7, 11) is 1.75. The van der Waals surface area contributed by atoms with Gasteiger partial charge in [-0.2, -0.15) is 0 Å². The van der Waals surface area contributed by atoms with Gasteiger partial charge in [0.15, 0.2) is 5.96 Å². The summed E-state index contributed by atoms with van der Waals surface area (Å²) in [5.74, 6) is 1.86. The second-order valence-corrected chi connectivity index (χ2v) is 9.30. The summed E-state index contributed by atoms with van der Waals surface area (Å²) in [5.41, 5.74) is 0. The highest BCUT2D eigenvalue weighted by molar-refractivity contribution is 6.06. The summed E-state index contributed by atoms with van der Waals surface area (Å²) in [6.45, 7) is 8.65. The summed E-state index contributed by atoms with van der Waals surface area (Å²) in [6.07, 6.45) is 7.84. The van der Waals surface area contributed by atoms with Crippen molar-refractivity contribution in [1.82, 2.24) is 20.4 Å². The number of hydrogen-bond acceptors (Lipinski definition) is 4. The van der Waals surface area contributed by atoms with Gasteiger partial charge in [0.05, 0.1) is 11.8 Å². The molecule has 3 fully saturated rings. The summed E-state index contributed by atoms with van der Waals surface area (Å²) in [5, 5.41) is 6.66. The van der Waals surface area contributed by atoms with E-state index in [-0.39, 0.29) is 35.5 Å². The Bertz CT molecular complexity index is 675. The molecule has 2 aliphatic carbocycles. The van der Waals surface area contributed by atoms with Gasteiger partial charge < -0.3 is 10.6 Å². The van der Waals surface area contributed by atoms with Crippen LogP contribution in [0.5, 0.6) is 0 Å². The third-order valence-corrected chi connectivity index (χ3v) is 7.29. The zero-order valence-electron chi connectivity index (χ0n) is 17.9. The summed E-state index contributed by atoms with van der Waals surface area (Å²) in [4.78, 5) is 33.8. The van der Waals surface area contributed by atoms with E-state index in [1.165, 1.54) is 17.7 Å². The first-order valence-electron chi connectivity index (χ1n) is 11.2. The van der Waals surface area contributed by atoms with Crippen molar-refractivity contribution in [3.8, 4) is 0 Å². The van der Waals surface area contributed by atoms with Gasteiger partial charge in [0.2, 0.25) is 11.8 Å². The maximum absolute atomic E-state index is 12.7. The van der Waals surface area contributed by atoms with E-state index < -0.39 is 0 Å². The second-order valence-electron chi connectivity index (χ2n) is 9.30. The highest BCUT2D eigenvalue weighted by atomic mass is 16.2. The van der Waals surface area contributed by atoms with Gasteiger partial charge in [-0.1, -0.05) is 19.1 Å². The molecule has 1 saturated carbocycles. The van der Waals surface area contributed by atoms with Gasteiger partial charge in [-0.15, -0.1) is 0 Å². The molecule has 0 aromatic carbocycles. The Hall–Kier alpha value is -1.89. The fraction of sp³-hybridized carbons (Fsp3) is 0.773. The number of nitrogens with one attached hydrogen (secondary N) is 2. The number of rotatable bonds is 6. The van der Waals surface area contributed by atoms with E-state index in [1.807, 2.05) is 0 Å². The van der Waals surface area contributed by atoms with Crippen LogP contribution in [0.2, 0.25) is 0 Å². The molecule has 6 unspecified atom stereocenters. The Balaban J connectivity index is 1.22. The van der Waals surface area contributed by atoms with Crippen LogP contribution < -0.4 is 10.6 Å². The molecule has 7 heteroatoms. The van der Waals surface area contributed by atoms with Crippen LogP contribution in [0, 0.1) is 29.6 Å². The number of likely N-dealkylation sites (tertiary alicyclic amines) is 2. The highest BCUT2D eigenvalue weighted by Gasteiger charge is 2.58. The van der Waals surface area contributed by atoms with Gasteiger partial charge in [0.25, 0.3) is 0 Å². The van der Waals surface area contributed by atoms with E-state index in [2.05, 4.69) is 46.5 Å². The molecule has 0 spiro atoms. The number of fused-ring (bicyclic) bond motifs is 5. The van der Waals surface area contributed by atoms with Gasteiger partial charge >= 0.3 is 0 Å². The summed E-state index contributed by atoms with van der Waals surface area (Å²) in [6, 6.07) is 0.445. The van der Waals surface area contributed by atoms with E-state index >= 15 is 0 Å². The van der Waals surface area contributed by atoms with Gasteiger partial charge in [-0.3, -0.25) is 24.4 Å². The van der Waals surface area contributed by atoms with Crippen molar-refractivity contribution in [1.29, 1.82) is 0 Å². The number of piperidine rings is 1. The second kappa shape index (κ2) is 8.46. The van der Waals surface area contributed by atoms with Crippen molar-refractivity contribution in [3.63, 3.8) is 0 Å². The van der Waals surface area contributed by atoms with Crippen molar-refractivity contribution in [2.45, 2.75) is 39.2 Å². The third-order valence-electron chi connectivity index (χ3n) is 7.29. The standard InChI is InChI=1S/C22H35N5O2/c1-14-5-4-9-26(13-14)15(2)12-25-22(23-3)24-8-10-27-20(28)18-16-6-7-17(11-16)19(18)21(27)29/h6-7,14-19H,4-5,8-13H2,1-3H3,(H2,23,24,25). The molecule has 29 heavy (non-hydrogen) atoms. The van der Waals surface area contributed by atoms with Crippen LogP contribution in [-0.4, -0.2) is 73.4 Å². The van der Waals surface area contributed by atoms with Crippen molar-refractivity contribution in [2.75, 3.05) is 39.8 Å². The average Bonchev–Trinajstić information content (AvgIpc) is 3.39. The molecule has 2 aliphatic heterocycles. The van der Waals surface area contributed by atoms with E-state index in [9.17, 15) is 9.59 Å². The van der Waals surface area contributed by atoms with Crippen molar-refractivity contribution in [3.05, 3.63) is 12.2 Å². The fourth-order valence-electron chi connectivity index (χ4n) is 5.69. The average molecular weight is 402 g/mol. The number of hydrogen-bond donors (Lipinski definition) is 2. The minimum atomic E-state index is -0.109. The predicted molar refractivity (Wildman–Crippen MR) is 113 cm³/mol. The van der Waals surface area contributed by atoms with Crippen molar-refractivity contribution in [2.24, 2.45) is 34.6 Å². The topological polar surface area (TPSA) is 77.0 Å². The molecule has 2 bridgehead atoms. The molecule has 2 saturated heterocycles. The molecule has 6 atom stereocenters. The van der Waals surface area contributed by atoms with E-state index in [4.69, 9.17) is 0 Å². The summed E-state index contributed by atoms with van der Waals surface area (Å²) >= 11 is 0. The first kappa shape index (κ1) is 20.4. The smallest absolute Gasteiger partial charge is 0.233 e. The number of imide groups is 1. The normalized spacial score (nSPS) is 35.3. The lowest BCUT2D eigenvalue weighted by atomic mass is 9.85. The predicted octanol–water partition coefficient (Wildman–Crippen LogP) is 1.08. The fourth-order valence-corrected chi connectivity index (χ4v) is 5.69. The van der Waals surface area contributed by atoms with Crippen LogP contribution in [-0.2, 0) is 9.59 Å². The SMILES string of the molecule is CN=C(NCCN1C(=O)C2C3C=CC(C3)C2C1=O)NCC(C)N1CCCC(C)C1. The zero-order chi connectivity index (χ0) is 20.5. The lowest BCUT2D eigenvalue weighted by Gasteiger charge is -2.35. The molecule has 2 heterocycles. The number of amides is 2. The molecule has 0 aromatic heterocycles. The number of aliphatic imine (C=N–C) groups is 1. The van der Waals surface area contributed by atoms with Gasteiger partial charge in [-0.25, -0.2) is 0 Å². The van der Waals surface area contributed by atoms with Crippen molar-refractivity contribution < 1.29 is 9.59 Å². The minimum absolute atomic E-state index is 0.0226. The van der Waals surface area contributed by atoms with Gasteiger partial charge in [-0.05, 0) is 50.5 Å². The first-order chi connectivity index (χ1) is 14.0. The molecule has 2 N–H and O–H groups in total. The number of carbonyl (C=O) groups excluding carboxylic acids is 2. The Labute approximate surface area is 174 Å². The van der Waals surface area contributed by atoms with Crippen LogP contribution in [0.1, 0.15) is 33.1 Å².